The Balaban J connectivity index is 2.25. The lowest BCUT2D eigenvalue weighted by Gasteiger charge is -2.15. The van der Waals surface area contributed by atoms with E-state index in [1.54, 1.807) is 30.0 Å². The summed E-state index contributed by atoms with van der Waals surface area (Å²) in [6.45, 7) is 1.90. The summed E-state index contributed by atoms with van der Waals surface area (Å²) in [4.78, 5) is 27.8. The third-order valence-corrected chi connectivity index (χ3v) is 3.77. The number of carbonyl (C=O) groups excluding carboxylic acids is 1. The predicted molar refractivity (Wildman–Crippen MR) is 78.5 cm³/mol. The maximum Gasteiger partial charge on any atom is 0.265 e. The van der Waals surface area contributed by atoms with Crippen LogP contribution in [0.15, 0.2) is 29.2 Å². The molecule has 1 fully saturated rings. The van der Waals surface area contributed by atoms with Crippen LogP contribution in [0.4, 0.5) is 0 Å². The van der Waals surface area contributed by atoms with Crippen LogP contribution < -0.4 is 10.3 Å². The number of ether oxygens (including phenoxy) is 1. The summed E-state index contributed by atoms with van der Waals surface area (Å²) in [5, 5.41) is 0. The van der Waals surface area contributed by atoms with E-state index in [0.717, 1.165) is 24.1 Å². The number of nitrogens with zero attached hydrogens (tertiary/aromatic N) is 2. The minimum atomic E-state index is -0.288. The van der Waals surface area contributed by atoms with Crippen LogP contribution >= 0.6 is 0 Å². The minimum Gasteiger partial charge on any atom is -0.481 e. The van der Waals surface area contributed by atoms with Crippen molar-refractivity contribution < 1.29 is 9.53 Å². The van der Waals surface area contributed by atoms with Crippen LogP contribution in [-0.4, -0.2) is 22.9 Å². The van der Waals surface area contributed by atoms with Crippen LogP contribution in [0.3, 0.4) is 0 Å². The van der Waals surface area contributed by atoms with E-state index in [4.69, 9.17) is 4.74 Å². The normalized spacial score (nSPS) is 14.0. The highest BCUT2D eigenvalue weighted by atomic mass is 16.5. The molecule has 0 radical (unpaired) electrons. The van der Waals surface area contributed by atoms with Gasteiger partial charge in [0.1, 0.15) is 0 Å². The van der Waals surface area contributed by atoms with Crippen LogP contribution in [0.5, 0.6) is 5.88 Å². The number of pyridine rings is 2. The molecule has 1 aliphatic rings. The summed E-state index contributed by atoms with van der Waals surface area (Å²) in [6.07, 6.45) is 4.36. The average Bonchev–Trinajstić information content (AvgIpc) is 3.32. The fourth-order valence-corrected chi connectivity index (χ4v) is 2.47. The second-order valence-corrected chi connectivity index (χ2v) is 5.26. The quantitative estimate of drug-likeness (QED) is 0.808. The first-order chi connectivity index (χ1) is 10.2. The zero-order chi connectivity index (χ0) is 15.0. The van der Waals surface area contributed by atoms with Gasteiger partial charge < -0.3 is 4.74 Å². The zero-order valence-electron chi connectivity index (χ0n) is 12.0. The van der Waals surface area contributed by atoms with E-state index in [9.17, 15) is 9.59 Å². The zero-order valence-corrected chi connectivity index (χ0v) is 12.0. The predicted octanol–water partition coefficient (Wildman–Crippen LogP) is 2.24. The molecular formula is C16H16N2O3. The molecule has 2 heterocycles. The maximum absolute atomic E-state index is 12.5. The minimum absolute atomic E-state index is 0.162. The smallest absolute Gasteiger partial charge is 0.265 e. The van der Waals surface area contributed by atoms with Crippen molar-refractivity contribution in [3.8, 4) is 11.6 Å². The number of aldehydes is 1. The first kappa shape index (κ1) is 13.5. The van der Waals surface area contributed by atoms with Crippen LogP contribution in [0, 0.1) is 6.92 Å². The highest BCUT2D eigenvalue weighted by Crippen LogP contribution is 2.40. The van der Waals surface area contributed by atoms with Crippen LogP contribution in [0.25, 0.3) is 5.69 Å². The van der Waals surface area contributed by atoms with Gasteiger partial charge in [0.2, 0.25) is 5.88 Å². The molecule has 0 bridgehead atoms. The molecule has 3 rings (SSSR count). The van der Waals surface area contributed by atoms with Gasteiger partial charge in [0.25, 0.3) is 5.56 Å². The van der Waals surface area contributed by atoms with E-state index < -0.39 is 0 Å². The number of rotatable bonds is 4. The Labute approximate surface area is 122 Å². The molecule has 0 amide bonds. The Kier molecular flexibility index (Phi) is 3.33. The van der Waals surface area contributed by atoms with Gasteiger partial charge in [-0.15, -0.1) is 0 Å². The second-order valence-electron chi connectivity index (χ2n) is 5.26. The van der Waals surface area contributed by atoms with Crippen LogP contribution in [0.2, 0.25) is 0 Å². The van der Waals surface area contributed by atoms with Gasteiger partial charge in [-0.05, 0) is 43.4 Å². The Hall–Kier alpha value is -2.43. The highest BCUT2D eigenvalue weighted by molar-refractivity contribution is 5.74. The molecule has 21 heavy (non-hydrogen) atoms. The van der Waals surface area contributed by atoms with Crippen molar-refractivity contribution in [1.29, 1.82) is 0 Å². The van der Waals surface area contributed by atoms with Crippen molar-refractivity contribution >= 4 is 6.29 Å². The maximum atomic E-state index is 12.5. The number of aryl methyl sites for hydroxylation is 1. The lowest BCUT2D eigenvalue weighted by atomic mass is 10.1. The van der Waals surface area contributed by atoms with Crippen molar-refractivity contribution in [3.05, 3.63) is 51.6 Å². The molecular weight excluding hydrogens is 268 g/mol. The van der Waals surface area contributed by atoms with E-state index >= 15 is 0 Å². The van der Waals surface area contributed by atoms with E-state index in [0.29, 0.717) is 23.8 Å². The Morgan fingerprint density at radius 2 is 2.14 bits per heavy atom. The molecule has 0 aliphatic heterocycles. The SMILES string of the molecule is COc1cc(C)c(-n2c(C3CC3)ccc(C=O)c2=O)cn1. The number of carbonyl (C=O) groups is 1. The molecule has 5 heteroatoms. The molecule has 108 valence electrons. The van der Waals surface area contributed by atoms with Crippen LogP contribution in [-0.2, 0) is 0 Å². The van der Waals surface area contributed by atoms with Gasteiger partial charge in [-0.1, -0.05) is 0 Å². The van der Waals surface area contributed by atoms with E-state index in [2.05, 4.69) is 4.98 Å². The monoisotopic (exact) mass is 284 g/mol. The molecule has 1 saturated carbocycles. The summed E-state index contributed by atoms with van der Waals surface area (Å²) < 4.78 is 6.71. The Morgan fingerprint density at radius 3 is 2.71 bits per heavy atom. The lowest BCUT2D eigenvalue weighted by molar-refractivity contribution is 0.112. The Bertz CT molecular complexity index is 761. The average molecular weight is 284 g/mol. The number of hydrogen-bond acceptors (Lipinski definition) is 4. The molecule has 0 spiro atoms. The first-order valence-electron chi connectivity index (χ1n) is 6.88. The Morgan fingerprint density at radius 1 is 1.38 bits per heavy atom. The molecule has 5 nitrogen and oxygen atoms in total. The second kappa shape index (κ2) is 5.16. The fourth-order valence-electron chi connectivity index (χ4n) is 2.47. The van der Waals surface area contributed by atoms with Gasteiger partial charge in [0.15, 0.2) is 6.29 Å². The topological polar surface area (TPSA) is 61.2 Å². The molecule has 2 aromatic rings. The van der Waals surface area contributed by atoms with E-state index in [1.807, 2.05) is 13.0 Å². The molecule has 2 aromatic heterocycles. The van der Waals surface area contributed by atoms with Gasteiger partial charge in [-0.25, -0.2) is 4.98 Å². The van der Waals surface area contributed by atoms with Gasteiger partial charge >= 0.3 is 0 Å². The largest absolute Gasteiger partial charge is 0.481 e. The number of aromatic nitrogens is 2. The lowest BCUT2D eigenvalue weighted by Crippen LogP contribution is -2.25. The van der Waals surface area contributed by atoms with E-state index in [1.165, 1.54) is 0 Å². The molecule has 0 atom stereocenters. The van der Waals surface area contributed by atoms with Crippen molar-refractivity contribution in [2.45, 2.75) is 25.7 Å². The van der Waals surface area contributed by atoms with Gasteiger partial charge in [0, 0.05) is 11.8 Å². The summed E-state index contributed by atoms with van der Waals surface area (Å²) >= 11 is 0. The highest BCUT2D eigenvalue weighted by Gasteiger charge is 2.28. The summed E-state index contributed by atoms with van der Waals surface area (Å²) in [5.74, 6) is 0.892. The van der Waals surface area contributed by atoms with Crippen molar-refractivity contribution in [2.75, 3.05) is 7.11 Å². The summed E-state index contributed by atoms with van der Waals surface area (Å²) in [7, 11) is 1.55. The molecule has 0 N–H and O–H groups in total. The third kappa shape index (κ3) is 2.35. The van der Waals surface area contributed by atoms with E-state index in [-0.39, 0.29) is 11.1 Å². The number of methoxy groups -OCH3 is 1. The molecule has 0 saturated heterocycles. The van der Waals surface area contributed by atoms with Crippen molar-refractivity contribution in [1.82, 2.24) is 9.55 Å². The van der Waals surface area contributed by atoms with Gasteiger partial charge in [-0.3, -0.25) is 14.2 Å². The number of hydrogen-bond donors (Lipinski definition) is 0. The molecule has 0 aromatic carbocycles. The van der Waals surface area contributed by atoms with Crippen LogP contribution in [0.1, 0.15) is 40.4 Å². The molecule has 1 aliphatic carbocycles. The fraction of sp³-hybridized carbons (Fsp3) is 0.312. The first-order valence-corrected chi connectivity index (χ1v) is 6.88. The summed E-state index contributed by atoms with van der Waals surface area (Å²) in [6, 6.07) is 5.25. The van der Waals surface area contributed by atoms with Crippen molar-refractivity contribution in [3.63, 3.8) is 0 Å². The molecule has 0 unspecified atom stereocenters. The summed E-state index contributed by atoms with van der Waals surface area (Å²) in [5.41, 5.74) is 2.40. The van der Waals surface area contributed by atoms with Gasteiger partial charge in [-0.2, -0.15) is 0 Å². The third-order valence-electron chi connectivity index (χ3n) is 3.77. The standard InChI is InChI=1S/C16H16N2O3/c1-10-7-15(21-2)17-8-14(10)18-13(11-3-4-11)6-5-12(9-19)16(18)20/h5-9,11H,3-4H2,1-2H3. The van der Waals surface area contributed by atoms with Crippen molar-refractivity contribution in [2.24, 2.45) is 0 Å². The van der Waals surface area contributed by atoms with Gasteiger partial charge in [0.05, 0.1) is 24.6 Å².